The number of carbonyl (C=O) groups excluding carboxylic acids is 2. The lowest BCUT2D eigenvalue weighted by atomic mass is 9.88. The molecule has 0 saturated heterocycles. The number of nitrogens with one attached hydrogen (secondary N) is 2. The van der Waals surface area contributed by atoms with E-state index in [1.807, 2.05) is 42.5 Å². The van der Waals surface area contributed by atoms with Crippen molar-refractivity contribution < 1.29 is 19.5 Å². The molecule has 0 spiro atoms. The quantitative estimate of drug-likeness (QED) is 0.318. The van der Waals surface area contributed by atoms with E-state index in [9.17, 15) is 14.4 Å². The smallest absolute Gasteiger partial charge is 0.305 e. The van der Waals surface area contributed by atoms with E-state index in [0.29, 0.717) is 18.5 Å². The van der Waals surface area contributed by atoms with Gasteiger partial charge < -0.3 is 15.7 Å². The van der Waals surface area contributed by atoms with Crippen molar-refractivity contribution in [2.75, 3.05) is 6.54 Å². The van der Waals surface area contributed by atoms with Crippen LogP contribution in [0.25, 0.3) is 5.57 Å². The first-order valence-corrected chi connectivity index (χ1v) is 13.2. The third-order valence-corrected chi connectivity index (χ3v) is 6.88. The Kier molecular flexibility index (Phi) is 9.46. The predicted octanol–water partition coefficient (Wildman–Crippen LogP) is 5.49. The molecule has 1 aliphatic rings. The van der Waals surface area contributed by atoms with Gasteiger partial charge in [0.25, 0.3) is 5.91 Å². The molecule has 0 bridgehead atoms. The lowest BCUT2D eigenvalue weighted by Gasteiger charge is -2.19. The van der Waals surface area contributed by atoms with Gasteiger partial charge >= 0.3 is 5.97 Å². The van der Waals surface area contributed by atoms with Crippen LogP contribution in [-0.4, -0.2) is 29.4 Å². The van der Waals surface area contributed by atoms with Gasteiger partial charge in [-0.1, -0.05) is 72.8 Å². The summed E-state index contributed by atoms with van der Waals surface area (Å²) in [6.07, 6.45) is 7.36. The normalized spacial score (nSPS) is 13.7. The zero-order valence-electron chi connectivity index (χ0n) is 21.5. The summed E-state index contributed by atoms with van der Waals surface area (Å²) in [4.78, 5) is 36.4. The molecule has 0 saturated carbocycles. The second kappa shape index (κ2) is 13.4. The van der Waals surface area contributed by atoms with Gasteiger partial charge in [-0.2, -0.15) is 0 Å². The first-order chi connectivity index (χ1) is 18.5. The van der Waals surface area contributed by atoms with Crippen molar-refractivity contribution >= 4 is 23.4 Å². The summed E-state index contributed by atoms with van der Waals surface area (Å²) < 4.78 is 0. The van der Waals surface area contributed by atoms with Gasteiger partial charge in [-0.25, -0.2) is 0 Å². The monoisotopic (exact) mass is 510 g/mol. The number of carboxylic acids is 1. The number of aliphatic carboxylic acids is 1. The number of carbonyl (C=O) groups is 3. The van der Waals surface area contributed by atoms with Gasteiger partial charge in [-0.15, -0.1) is 0 Å². The molecule has 1 aliphatic carbocycles. The molecular weight excluding hydrogens is 476 g/mol. The van der Waals surface area contributed by atoms with Crippen molar-refractivity contribution in [1.82, 2.24) is 10.6 Å². The third-order valence-electron chi connectivity index (χ3n) is 6.88. The van der Waals surface area contributed by atoms with E-state index in [1.165, 1.54) is 24.0 Å². The lowest BCUT2D eigenvalue weighted by molar-refractivity contribution is -0.136. The van der Waals surface area contributed by atoms with Gasteiger partial charge in [0.15, 0.2) is 0 Å². The van der Waals surface area contributed by atoms with Crippen molar-refractivity contribution in [3.63, 3.8) is 0 Å². The summed E-state index contributed by atoms with van der Waals surface area (Å²) in [6, 6.07) is 25.3. The summed E-state index contributed by atoms with van der Waals surface area (Å²) in [6.45, 7) is 0.531. The molecule has 196 valence electrons. The SMILES string of the molecule is O=C(O)CCNC(=O)c1ccc(CC(C(=O)NCc2ccccc2)c2ccc(C3=CCCCC3)cc2)cc1. The second-order valence-corrected chi connectivity index (χ2v) is 9.65. The van der Waals surface area contributed by atoms with Crippen molar-refractivity contribution in [1.29, 1.82) is 0 Å². The van der Waals surface area contributed by atoms with E-state index in [2.05, 4.69) is 41.0 Å². The van der Waals surface area contributed by atoms with E-state index < -0.39 is 5.97 Å². The molecule has 1 atom stereocenters. The fourth-order valence-corrected chi connectivity index (χ4v) is 4.71. The van der Waals surface area contributed by atoms with Crippen LogP contribution in [0.4, 0.5) is 0 Å². The largest absolute Gasteiger partial charge is 0.481 e. The van der Waals surface area contributed by atoms with Crippen LogP contribution >= 0.6 is 0 Å². The Balaban J connectivity index is 1.49. The molecule has 0 fully saturated rings. The summed E-state index contributed by atoms with van der Waals surface area (Å²) in [5, 5.41) is 14.5. The van der Waals surface area contributed by atoms with E-state index >= 15 is 0 Å². The number of amides is 2. The molecule has 1 unspecified atom stereocenters. The maximum Gasteiger partial charge on any atom is 0.305 e. The average molecular weight is 511 g/mol. The summed E-state index contributed by atoms with van der Waals surface area (Å²) in [7, 11) is 0. The zero-order chi connectivity index (χ0) is 26.7. The zero-order valence-corrected chi connectivity index (χ0v) is 21.5. The second-order valence-electron chi connectivity index (χ2n) is 9.65. The number of rotatable bonds is 11. The summed E-state index contributed by atoms with van der Waals surface area (Å²) >= 11 is 0. The molecule has 38 heavy (non-hydrogen) atoms. The third kappa shape index (κ3) is 7.65. The van der Waals surface area contributed by atoms with Gasteiger partial charge in [0.2, 0.25) is 5.91 Å². The van der Waals surface area contributed by atoms with Crippen molar-refractivity contribution in [2.45, 2.75) is 51.0 Å². The number of hydrogen-bond donors (Lipinski definition) is 3. The maximum atomic E-state index is 13.4. The Morgan fingerprint density at radius 3 is 2.21 bits per heavy atom. The molecule has 3 N–H and O–H groups in total. The molecule has 2 amide bonds. The number of benzene rings is 3. The highest BCUT2D eigenvalue weighted by Crippen LogP contribution is 2.29. The minimum atomic E-state index is -0.958. The Morgan fingerprint density at radius 2 is 1.55 bits per heavy atom. The standard InChI is InChI=1S/C32H34N2O4/c35-30(36)19-20-33-31(37)28-13-11-23(12-14-28)21-29(32(38)34-22-24-7-3-1-4-8-24)27-17-15-26(16-18-27)25-9-5-2-6-10-25/h1,3-4,7-9,11-18,29H,2,5-6,10,19-22H2,(H,33,37)(H,34,38)(H,35,36). The first kappa shape index (κ1) is 26.9. The molecule has 0 heterocycles. The van der Waals surface area contributed by atoms with Crippen LogP contribution in [-0.2, 0) is 22.6 Å². The summed E-state index contributed by atoms with van der Waals surface area (Å²) in [5.41, 5.74) is 5.98. The van der Waals surface area contributed by atoms with Gasteiger partial charge in [0, 0.05) is 18.7 Å². The van der Waals surface area contributed by atoms with Crippen LogP contribution in [0.1, 0.15) is 70.6 Å². The molecule has 6 heteroatoms. The highest BCUT2D eigenvalue weighted by molar-refractivity contribution is 5.94. The predicted molar refractivity (Wildman–Crippen MR) is 149 cm³/mol. The number of carboxylic acid groups (broad SMARTS) is 1. The minimum absolute atomic E-state index is 0.0472. The molecule has 0 aromatic heterocycles. The highest BCUT2D eigenvalue weighted by atomic mass is 16.4. The fourth-order valence-electron chi connectivity index (χ4n) is 4.71. The van der Waals surface area contributed by atoms with Crippen LogP contribution in [0, 0.1) is 0 Å². The Hall–Kier alpha value is -4.19. The Labute approximate surface area is 223 Å². The Bertz CT molecular complexity index is 1270. The molecule has 3 aromatic carbocycles. The van der Waals surface area contributed by atoms with Gasteiger partial charge in [0.1, 0.15) is 0 Å². The highest BCUT2D eigenvalue weighted by Gasteiger charge is 2.22. The van der Waals surface area contributed by atoms with Crippen LogP contribution in [0.2, 0.25) is 0 Å². The molecule has 0 aliphatic heterocycles. The van der Waals surface area contributed by atoms with Crippen molar-refractivity contribution in [3.05, 3.63) is 113 Å². The molecule has 6 nitrogen and oxygen atoms in total. The fraction of sp³-hybridized carbons (Fsp3) is 0.281. The van der Waals surface area contributed by atoms with Gasteiger partial charge in [0.05, 0.1) is 12.3 Å². The number of hydrogen-bond acceptors (Lipinski definition) is 3. The first-order valence-electron chi connectivity index (χ1n) is 13.2. The van der Waals surface area contributed by atoms with Gasteiger partial charge in [-0.05, 0) is 72.1 Å². The van der Waals surface area contributed by atoms with Gasteiger partial charge in [-0.3, -0.25) is 14.4 Å². The van der Waals surface area contributed by atoms with Crippen molar-refractivity contribution in [3.8, 4) is 0 Å². The van der Waals surface area contributed by atoms with Crippen LogP contribution in [0.15, 0.2) is 84.9 Å². The van der Waals surface area contributed by atoms with E-state index in [4.69, 9.17) is 5.11 Å². The van der Waals surface area contributed by atoms with Crippen molar-refractivity contribution in [2.24, 2.45) is 0 Å². The van der Waals surface area contributed by atoms with Crippen LogP contribution < -0.4 is 10.6 Å². The molecular formula is C32H34N2O4. The van der Waals surface area contributed by atoms with Crippen LogP contribution in [0.3, 0.4) is 0 Å². The minimum Gasteiger partial charge on any atom is -0.481 e. The van der Waals surface area contributed by atoms with E-state index in [1.54, 1.807) is 12.1 Å². The Morgan fingerprint density at radius 1 is 0.816 bits per heavy atom. The lowest BCUT2D eigenvalue weighted by Crippen LogP contribution is -2.30. The van der Waals surface area contributed by atoms with E-state index in [0.717, 1.165) is 29.5 Å². The topological polar surface area (TPSA) is 95.5 Å². The molecule has 3 aromatic rings. The van der Waals surface area contributed by atoms with E-state index in [-0.39, 0.29) is 30.7 Å². The molecule has 4 rings (SSSR count). The molecule has 0 radical (unpaired) electrons. The van der Waals surface area contributed by atoms with Crippen LogP contribution in [0.5, 0.6) is 0 Å². The summed E-state index contributed by atoms with van der Waals surface area (Å²) in [5.74, 6) is -1.71. The average Bonchev–Trinajstić information content (AvgIpc) is 2.96. The maximum absolute atomic E-state index is 13.4. The number of allylic oxidation sites excluding steroid dienone is 2.